The standard InChI is InChI=1S/C8H18N2O2S/c1-2-3-6-13(11,12)10-5-4-8(9)7-10/h8H,2-7,9H2,1H3/t8-/m0/s1. The molecule has 13 heavy (non-hydrogen) atoms. The zero-order valence-electron chi connectivity index (χ0n) is 8.07. The largest absolute Gasteiger partial charge is 0.326 e. The highest BCUT2D eigenvalue weighted by Crippen LogP contribution is 2.13. The third-order valence-electron chi connectivity index (χ3n) is 2.34. The molecule has 0 aromatic carbocycles. The highest BCUT2D eigenvalue weighted by molar-refractivity contribution is 7.89. The Bertz CT molecular complexity index is 251. The first-order valence-corrected chi connectivity index (χ1v) is 6.40. The fourth-order valence-electron chi connectivity index (χ4n) is 1.46. The van der Waals surface area contributed by atoms with Crippen molar-refractivity contribution in [2.24, 2.45) is 5.73 Å². The second-order valence-electron chi connectivity index (χ2n) is 3.58. The van der Waals surface area contributed by atoms with Crippen molar-refractivity contribution in [3.05, 3.63) is 0 Å². The molecular formula is C8H18N2O2S. The molecular weight excluding hydrogens is 188 g/mol. The summed E-state index contributed by atoms with van der Waals surface area (Å²) in [6.45, 7) is 3.10. The number of nitrogens with zero attached hydrogens (tertiary/aromatic N) is 1. The van der Waals surface area contributed by atoms with E-state index in [0.29, 0.717) is 13.1 Å². The molecule has 1 saturated heterocycles. The normalized spacial score (nSPS) is 25.2. The van der Waals surface area contributed by atoms with Crippen molar-refractivity contribution < 1.29 is 8.42 Å². The lowest BCUT2D eigenvalue weighted by atomic mass is 10.3. The zero-order valence-corrected chi connectivity index (χ0v) is 8.89. The van der Waals surface area contributed by atoms with Gasteiger partial charge in [-0.25, -0.2) is 12.7 Å². The van der Waals surface area contributed by atoms with Crippen molar-refractivity contribution in [3.8, 4) is 0 Å². The molecule has 1 aliphatic heterocycles. The maximum atomic E-state index is 11.6. The fraction of sp³-hybridized carbons (Fsp3) is 1.00. The van der Waals surface area contributed by atoms with Gasteiger partial charge in [0.05, 0.1) is 5.75 Å². The summed E-state index contributed by atoms with van der Waals surface area (Å²) in [7, 11) is -3.00. The summed E-state index contributed by atoms with van der Waals surface area (Å²) in [6.07, 6.45) is 2.46. The highest BCUT2D eigenvalue weighted by atomic mass is 32.2. The van der Waals surface area contributed by atoms with E-state index in [-0.39, 0.29) is 11.8 Å². The summed E-state index contributed by atoms with van der Waals surface area (Å²) < 4.78 is 24.7. The van der Waals surface area contributed by atoms with Crippen LogP contribution in [0.3, 0.4) is 0 Å². The SMILES string of the molecule is CCCCS(=O)(=O)N1CC[C@H](N)C1. The van der Waals surface area contributed by atoms with Crippen LogP contribution in [0.5, 0.6) is 0 Å². The maximum absolute atomic E-state index is 11.6. The number of hydrogen-bond donors (Lipinski definition) is 1. The number of nitrogens with two attached hydrogens (primary N) is 1. The van der Waals surface area contributed by atoms with Crippen LogP contribution in [0.4, 0.5) is 0 Å². The number of sulfonamides is 1. The minimum Gasteiger partial charge on any atom is -0.326 e. The molecule has 4 nitrogen and oxygen atoms in total. The quantitative estimate of drug-likeness (QED) is 0.712. The van der Waals surface area contributed by atoms with Gasteiger partial charge in [0.15, 0.2) is 0 Å². The first-order chi connectivity index (χ1) is 6.06. The highest BCUT2D eigenvalue weighted by Gasteiger charge is 2.28. The van der Waals surface area contributed by atoms with Crippen LogP contribution in [0.1, 0.15) is 26.2 Å². The monoisotopic (exact) mass is 206 g/mol. The molecule has 1 aliphatic rings. The molecule has 1 rings (SSSR count). The molecule has 78 valence electrons. The summed E-state index contributed by atoms with van der Waals surface area (Å²) in [6, 6.07) is 0.0383. The van der Waals surface area contributed by atoms with Crippen molar-refractivity contribution in [2.45, 2.75) is 32.2 Å². The van der Waals surface area contributed by atoms with Crippen molar-refractivity contribution in [2.75, 3.05) is 18.8 Å². The third kappa shape index (κ3) is 2.93. The fourth-order valence-corrected chi connectivity index (χ4v) is 3.18. The summed E-state index contributed by atoms with van der Waals surface area (Å²) in [5, 5.41) is 0. The van der Waals surface area contributed by atoms with Crippen LogP contribution in [0.2, 0.25) is 0 Å². The molecule has 0 saturated carbocycles. The second-order valence-corrected chi connectivity index (χ2v) is 5.66. The first-order valence-electron chi connectivity index (χ1n) is 4.79. The van der Waals surface area contributed by atoms with Gasteiger partial charge in [0, 0.05) is 19.1 Å². The van der Waals surface area contributed by atoms with Crippen LogP contribution in [0.15, 0.2) is 0 Å². The predicted octanol–water partition coefficient (Wildman–Crippen LogP) is 0.149. The van der Waals surface area contributed by atoms with Gasteiger partial charge in [-0.1, -0.05) is 13.3 Å². The summed E-state index contributed by atoms with van der Waals surface area (Å²) in [5.41, 5.74) is 5.64. The van der Waals surface area contributed by atoms with Crippen LogP contribution in [-0.4, -0.2) is 37.6 Å². The minimum atomic E-state index is -3.00. The lowest BCUT2D eigenvalue weighted by Crippen LogP contribution is -2.33. The molecule has 2 N–H and O–H groups in total. The molecule has 1 fully saturated rings. The van der Waals surface area contributed by atoms with E-state index in [0.717, 1.165) is 19.3 Å². The molecule has 0 aromatic heterocycles. The van der Waals surface area contributed by atoms with Gasteiger partial charge in [0.1, 0.15) is 0 Å². The van der Waals surface area contributed by atoms with Crippen LogP contribution >= 0.6 is 0 Å². The van der Waals surface area contributed by atoms with Crippen LogP contribution in [0, 0.1) is 0 Å². The van der Waals surface area contributed by atoms with E-state index in [1.165, 1.54) is 4.31 Å². The van der Waals surface area contributed by atoms with Gasteiger partial charge in [0.25, 0.3) is 0 Å². The van der Waals surface area contributed by atoms with E-state index < -0.39 is 10.0 Å². The Hall–Kier alpha value is -0.130. The molecule has 5 heteroatoms. The molecule has 0 amide bonds. The summed E-state index contributed by atoms with van der Waals surface area (Å²) in [5.74, 6) is 0.274. The third-order valence-corrected chi connectivity index (χ3v) is 4.26. The van der Waals surface area contributed by atoms with E-state index in [4.69, 9.17) is 5.73 Å². The van der Waals surface area contributed by atoms with Gasteiger partial charge in [-0.05, 0) is 12.8 Å². The van der Waals surface area contributed by atoms with Gasteiger partial charge in [0.2, 0.25) is 10.0 Å². The molecule has 0 aliphatic carbocycles. The van der Waals surface area contributed by atoms with Gasteiger partial charge in [-0.15, -0.1) is 0 Å². The molecule has 0 unspecified atom stereocenters. The Morgan fingerprint density at radius 1 is 1.54 bits per heavy atom. The number of hydrogen-bond acceptors (Lipinski definition) is 3. The Kier molecular flexibility index (Phi) is 3.70. The Labute approximate surface area is 80.1 Å². The van der Waals surface area contributed by atoms with Gasteiger partial charge in [-0.3, -0.25) is 0 Å². The average molecular weight is 206 g/mol. The zero-order chi connectivity index (χ0) is 9.90. The van der Waals surface area contributed by atoms with Crippen LogP contribution < -0.4 is 5.73 Å². The molecule has 1 heterocycles. The van der Waals surface area contributed by atoms with Crippen LogP contribution in [0.25, 0.3) is 0 Å². The maximum Gasteiger partial charge on any atom is 0.214 e. The van der Waals surface area contributed by atoms with Crippen molar-refractivity contribution in [1.82, 2.24) is 4.31 Å². The molecule has 0 spiro atoms. The molecule has 0 bridgehead atoms. The van der Waals surface area contributed by atoms with E-state index in [1.54, 1.807) is 0 Å². The Morgan fingerprint density at radius 3 is 2.69 bits per heavy atom. The predicted molar refractivity (Wildman–Crippen MR) is 52.9 cm³/mol. The lowest BCUT2D eigenvalue weighted by Gasteiger charge is -2.15. The molecule has 0 radical (unpaired) electrons. The Balaban J connectivity index is 2.50. The topological polar surface area (TPSA) is 63.4 Å². The van der Waals surface area contributed by atoms with Crippen molar-refractivity contribution in [1.29, 1.82) is 0 Å². The van der Waals surface area contributed by atoms with Crippen molar-refractivity contribution >= 4 is 10.0 Å². The van der Waals surface area contributed by atoms with E-state index in [2.05, 4.69) is 0 Å². The molecule has 1 atom stereocenters. The second kappa shape index (κ2) is 4.39. The minimum absolute atomic E-state index is 0.0383. The number of unbranched alkanes of at least 4 members (excludes halogenated alkanes) is 1. The Morgan fingerprint density at radius 2 is 2.23 bits per heavy atom. The van der Waals surface area contributed by atoms with Gasteiger partial charge >= 0.3 is 0 Å². The van der Waals surface area contributed by atoms with E-state index in [1.807, 2.05) is 6.92 Å². The van der Waals surface area contributed by atoms with Gasteiger partial charge in [-0.2, -0.15) is 0 Å². The first kappa shape index (κ1) is 10.9. The molecule has 0 aromatic rings. The smallest absolute Gasteiger partial charge is 0.214 e. The summed E-state index contributed by atoms with van der Waals surface area (Å²) >= 11 is 0. The average Bonchev–Trinajstić information content (AvgIpc) is 2.49. The van der Waals surface area contributed by atoms with E-state index in [9.17, 15) is 8.42 Å². The lowest BCUT2D eigenvalue weighted by molar-refractivity contribution is 0.470. The summed E-state index contributed by atoms with van der Waals surface area (Å²) in [4.78, 5) is 0. The number of rotatable bonds is 4. The van der Waals surface area contributed by atoms with Crippen molar-refractivity contribution in [3.63, 3.8) is 0 Å². The van der Waals surface area contributed by atoms with Gasteiger partial charge < -0.3 is 5.73 Å². The van der Waals surface area contributed by atoms with Crippen LogP contribution in [-0.2, 0) is 10.0 Å². The van der Waals surface area contributed by atoms with E-state index >= 15 is 0 Å².